The van der Waals surface area contributed by atoms with Crippen molar-refractivity contribution in [2.24, 2.45) is 10.9 Å². The first-order chi connectivity index (χ1) is 12.6. The van der Waals surface area contributed by atoms with Gasteiger partial charge in [0.15, 0.2) is 5.96 Å². The molecule has 2 atom stereocenters. The molecule has 0 aliphatic carbocycles. The summed E-state index contributed by atoms with van der Waals surface area (Å²) in [5.41, 5.74) is 0. The van der Waals surface area contributed by atoms with Crippen LogP contribution in [-0.4, -0.2) is 42.0 Å². The topological polar surface area (TPSA) is 63.5 Å². The van der Waals surface area contributed by atoms with E-state index in [1.54, 1.807) is 25.4 Å². The Morgan fingerprint density at radius 2 is 2.12 bits per heavy atom. The second-order valence-corrected chi connectivity index (χ2v) is 6.27. The zero-order chi connectivity index (χ0) is 18.8. The lowest BCUT2D eigenvalue weighted by Gasteiger charge is -2.21. The lowest BCUT2D eigenvalue weighted by Crippen LogP contribution is -2.44. The van der Waals surface area contributed by atoms with Gasteiger partial charge in [-0.15, -0.1) is 0 Å². The third kappa shape index (κ3) is 6.74. The Morgan fingerprint density at radius 3 is 2.77 bits per heavy atom. The summed E-state index contributed by atoms with van der Waals surface area (Å²) in [6.07, 6.45) is 4.47. The summed E-state index contributed by atoms with van der Waals surface area (Å²) in [7, 11) is 1.74. The van der Waals surface area contributed by atoms with Crippen molar-refractivity contribution in [1.82, 2.24) is 20.4 Å². The lowest BCUT2D eigenvalue weighted by atomic mass is 10.2. The monoisotopic (exact) mass is 361 g/mol. The molecule has 0 saturated carbocycles. The van der Waals surface area contributed by atoms with Crippen molar-refractivity contribution in [2.45, 2.75) is 32.9 Å². The van der Waals surface area contributed by atoms with Crippen molar-refractivity contribution in [3.63, 3.8) is 0 Å². The fraction of sp³-hybridized carbons (Fsp3) is 0.474. The molecular weight excluding hydrogens is 333 g/mol. The van der Waals surface area contributed by atoms with E-state index in [0.717, 1.165) is 25.5 Å². The highest BCUT2D eigenvalue weighted by atomic mass is 19.1. The van der Waals surface area contributed by atoms with Gasteiger partial charge in [0.1, 0.15) is 17.7 Å². The number of hydrogen-bond acceptors (Lipinski definition) is 3. The summed E-state index contributed by atoms with van der Waals surface area (Å²) in [5.74, 6) is 1.36. The molecule has 0 saturated heterocycles. The summed E-state index contributed by atoms with van der Waals surface area (Å²) >= 11 is 0. The number of nitrogens with one attached hydrogen (secondary N) is 2. The number of hydrogen-bond donors (Lipinski definition) is 2. The summed E-state index contributed by atoms with van der Waals surface area (Å²) in [5, 5.41) is 10.8. The molecule has 0 amide bonds. The van der Waals surface area contributed by atoms with Crippen molar-refractivity contribution in [3.8, 4) is 5.75 Å². The minimum absolute atomic E-state index is 0.0724. The maximum Gasteiger partial charge on any atom is 0.191 e. The second-order valence-electron chi connectivity index (χ2n) is 6.27. The molecule has 2 unspecified atom stereocenters. The molecule has 0 aliphatic heterocycles. The van der Waals surface area contributed by atoms with Crippen LogP contribution < -0.4 is 15.4 Å². The first kappa shape index (κ1) is 19.8. The summed E-state index contributed by atoms with van der Waals surface area (Å²) in [6.45, 7) is 6.40. The van der Waals surface area contributed by atoms with Crippen LogP contribution in [0.1, 0.15) is 20.3 Å². The Morgan fingerprint density at radius 1 is 1.31 bits per heavy atom. The largest absolute Gasteiger partial charge is 0.489 e. The Kier molecular flexibility index (Phi) is 7.92. The minimum Gasteiger partial charge on any atom is -0.489 e. The number of benzene rings is 1. The fourth-order valence-corrected chi connectivity index (χ4v) is 2.50. The predicted molar refractivity (Wildman–Crippen MR) is 102 cm³/mol. The number of halogens is 1. The normalized spacial score (nSPS) is 13.9. The molecule has 0 bridgehead atoms. The number of guanidine groups is 1. The summed E-state index contributed by atoms with van der Waals surface area (Å²) in [4.78, 5) is 4.24. The van der Waals surface area contributed by atoms with Gasteiger partial charge in [0.2, 0.25) is 0 Å². The Balaban J connectivity index is 1.75. The number of aliphatic imine (C=N–C) groups is 1. The summed E-state index contributed by atoms with van der Waals surface area (Å²) in [6, 6.07) is 8.13. The molecule has 2 N–H and O–H groups in total. The van der Waals surface area contributed by atoms with Gasteiger partial charge >= 0.3 is 0 Å². The van der Waals surface area contributed by atoms with Crippen LogP contribution in [0.4, 0.5) is 4.39 Å². The molecule has 0 radical (unpaired) electrons. The quantitative estimate of drug-likeness (QED) is 0.532. The Hall–Kier alpha value is -2.57. The first-order valence-corrected chi connectivity index (χ1v) is 8.94. The molecular formula is C19H28FN5O. The van der Waals surface area contributed by atoms with Crippen LogP contribution in [0.15, 0.2) is 47.7 Å². The zero-order valence-corrected chi connectivity index (χ0v) is 15.7. The molecule has 0 fully saturated rings. The van der Waals surface area contributed by atoms with Gasteiger partial charge in [-0.1, -0.05) is 19.9 Å². The minimum atomic E-state index is -0.297. The van der Waals surface area contributed by atoms with E-state index in [9.17, 15) is 4.39 Å². The van der Waals surface area contributed by atoms with Crippen LogP contribution in [0.5, 0.6) is 5.75 Å². The van der Waals surface area contributed by atoms with E-state index in [0.29, 0.717) is 18.2 Å². The fourth-order valence-electron chi connectivity index (χ4n) is 2.50. The SMILES string of the molecule is CCC(CNC(=NC)NCC(C)Cn1cccn1)Oc1cccc(F)c1. The van der Waals surface area contributed by atoms with Crippen LogP contribution in [0, 0.1) is 11.7 Å². The molecule has 1 heterocycles. The molecule has 0 spiro atoms. The third-order valence-electron chi connectivity index (χ3n) is 3.95. The summed E-state index contributed by atoms with van der Waals surface area (Å²) < 4.78 is 21.0. The van der Waals surface area contributed by atoms with E-state index in [-0.39, 0.29) is 11.9 Å². The van der Waals surface area contributed by atoms with Gasteiger partial charge in [0.05, 0.1) is 6.54 Å². The van der Waals surface area contributed by atoms with Crippen molar-refractivity contribution in [3.05, 3.63) is 48.5 Å². The Labute approximate surface area is 154 Å². The first-order valence-electron chi connectivity index (χ1n) is 8.94. The van der Waals surface area contributed by atoms with Gasteiger partial charge in [-0.05, 0) is 30.5 Å². The van der Waals surface area contributed by atoms with Crippen LogP contribution in [0.2, 0.25) is 0 Å². The van der Waals surface area contributed by atoms with Gasteiger partial charge in [0, 0.05) is 38.6 Å². The van der Waals surface area contributed by atoms with E-state index < -0.39 is 0 Å². The molecule has 1 aromatic carbocycles. The van der Waals surface area contributed by atoms with Crippen molar-refractivity contribution in [2.75, 3.05) is 20.1 Å². The van der Waals surface area contributed by atoms with Gasteiger partial charge in [-0.3, -0.25) is 9.67 Å². The molecule has 0 aliphatic rings. The molecule has 7 heteroatoms. The van der Waals surface area contributed by atoms with Gasteiger partial charge < -0.3 is 15.4 Å². The molecule has 2 rings (SSSR count). The van der Waals surface area contributed by atoms with Crippen LogP contribution in [0.25, 0.3) is 0 Å². The van der Waals surface area contributed by atoms with E-state index in [2.05, 4.69) is 27.6 Å². The van der Waals surface area contributed by atoms with E-state index in [4.69, 9.17) is 4.74 Å². The molecule has 142 valence electrons. The average Bonchev–Trinajstić information content (AvgIpc) is 3.13. The zero-order valence-electron chi connectivity index (χ0n) is 15.7. The van der Waals surface area contributed by atoms with Gasteiger partial charge in [-0.25, -0.2) is 4.39 Å². The lowest BCUT2D eigenvalue weighted by molar-refractivity contribution is 0.198. The van der Waals surface area contributed by atoms with Crippen LogP contribution in [-0.2, 0) is 6.54 Å². The van der Waals surface area contributed by atoms with E-state index in [1.807, 2.05) is 23.9 Å². The van der Waals surface area contributed by atoms with E-state index in [1.165, 1.54) is 12.1 Å². The van der Waals surface area contributed by atoms with E-state index >= 15 is 0 Å². The molecule has 26 heavy (non-hydrogen) atoms. The standard InChI is InChI=1S/C19H28FN5O/c1-4-17(26-18-8-5-7-16(20)11-18)13-23-19(21-3)22-12-15(2)14-25-10-6-9-24-25/h5-11,15,17H,4,12-14H2,1-3H3,(H2,21,22,23). The van der Waals surface area contributed by atoms with Crippen molar-refractivity contribution >= 4 is 5.96 Å². The average molecular weight is 361 g/mol. The number of ether oxygens (including phenoxy) is 1. The second kappa shape index (κ2) is 10.4. The van der Waals surface area contributed by atoms with Crippen LogP contribution in [0.3, 0.4) is 0 Å². The number of aromatic nitrogens is 2. The highest BCUT2D eigenvalue weighted by Crippen LogP contribution is 2.14. The molecule has 6 nitrogen and oxygen atoms in total. The van der Waals surface area contributed by atoms with Gasteiger partial charge in [-0.2, -0.15) is 5.10 Å². The highest BCUT2D eigenvalue weighted by Gasteiger charge is 2.11. The van der Waals surface area contributed by atoms with Crippen LogP contribution >= 0.6 is 0 Å². The number of nitrogens with zero attached hydrogens (tertiary/aromatic N) is 3. The third-order valence-corrected chi connectivity index (χ3v) is 3.95. The molecule has 1 aromatic heterocycles. The smallest absolute Gasteiger partial charge is 0.191 e. The molecule has 2 aromatic rings. The highest BCUT2D eigenvalue weighted by molar-refractivity contribution is 5.79. The van der Waals surface area contributed by atoms with Gasteiger partial charge in [0.25, 0.3) is 0 Å². The van der Waals surface area contributed by atoms with Crippen molar-refractivity contribution in [1.29, 1.82) is 0 Å². The van der Waals surface area contributed by atoms with Crippen molar-refractivity contribution < 1.29 is 9.13 Å². The Bertz CT molecular complexity index is 674. The number of rotatable bonds is 9. The predicted octanol–water partition coefficient (Wildman–Crippen LogP) is 2.68. The maximum absolute atomic E-state index is 13.3. The maximum atomic E-state index is 13.3.